The Hall–Kier alpha value is -4.38. The Balaban J connectivity index is 1.71. The number of rotatable bonds is 11. The van der Waals surface area contributed by atoms with E-state index in [1.54, 1.807) is 6.20 Å². The predicted octanol–water partition coefficient (Wildman–Crippen LogP) is 0.309. The van der Waals surface area contributed by atoms with Crippen molar-refractivity contribution in [2.24, 2.45) is 0 Å². The summed E-state index contributed by atoms with van der Waals surface area (Å²) in [4.78, 5) is 51.5. The summed E-state index contributed by atoms with van der Waals surface area (Å²) in [6.07, 6.45) is 8.62. The number of nitrogens with one attached hydrogen (secondary N) is 2. The van der Waals surface area contributed by atoms with Gasteiger partial charge >= 0.3 is 11.9 Å². The van der Waals surface area contributed by atoms with Crippen LogP contribution in [-0.2, 0) is 16.0 Å². The molecule has 1 amide bonds. The summed E-state index contributed by atoms with van der Waals surface area (Å²) in [6.45, 7) is 0.696. The fraction of sp³-hybridized carbons (Fsp3) is 0.300. The van der Waals surface area contributed by atoms with Gasteiger partial charge in [-0.25, -0.2) is 9.78 Å². The molecule has 13 nitrogen and oxygen atoms in total. The van der Waals surface area contributed by atoms with Crippen LogP contribution in [0.3, 0.4) is 0 Å². The third kappa shape index (κ3) is 5.70. The molecule has 178 valence electrons. The Kier molecular flexibility index (Phi) is 7.49. The lowest BCUT2D eigenvalue weighted by Gasteiger charge is -2.19. The molecule has 3 rings (SSSR count). The Morgan fingerprint density at radius 2 is 2.06 bits per heavy atom. The van der Waals surface area contributed by atoms with Crippen LogP contribution in [0.2, 0.25) is 0 Å². The number of nitrogen functional groups attached to an aromatic ring is 2. The van der Waals surface area contributed by atoms with Crippen molar-refractivity contribution in [3.05, 3.63) is 23.0 Å². The Morgan fingerprint density at radius 1 is 1.29 bits per heavy atom. The van der Waals surface area contributed by atoms with Crippen LogP contribution in [0.4, 0.5) is 16.8 Å². The van der Waals surface area contributed by atoms with Gasteiger partial charge in [-0.1, -0.05) is 17.3 Å². The average Bonchev–Trinajstić information content (AvgIpc) is 3.41. The lowest BCUT2D eigenvalue weighted by atomic mass is 10.1. The Morgan fingerprint density at radius 3 is 2.74 bits per heavy atom. The first-order valence-corrected chi connectivity index (χ1v) is 10.8. The first-order chi connectivity index (χ1) is 16.2. The number of amides is 1. The summed E-state index contributed by atoms with van der Waals surface area (Å²) in [6, 6.07) is -1.35. The first-order valence-electron chi connectivity index (χ1n) is 9.98. The normalized spacial score (nSPS) is 11.6. The average molecular weight is 487 g/mol. The number of hydrogen-bond donors (Lipinski definition) is 6. The molecular formula is C20H22N8O5S. The van der Waals surface area contributed by atoms with Crippen LogP contribution in [-0.4, -0.2) is 67.1 Å². The molecule has 14 heteroatoms. The van der Waals surface area contributed by atoms with E-state index in [1.165, 1.54) is 6.20 Å². The summed E-state index contributed by atoms with van der Waals surface area (Å²) in [7, 11) is 0. The van der Waals surface area contributed by atoms with Crippen LogP contribution < -0.4 is 21.7 Å². The number of nitrogens with two attached hydrogens (primary N) is 2. The van der Waals surface area contributed by atoms with Gasteiger partial charge in [0.1, 0.15) is 22.5 Å². The number of hydrogen-bond acceptors (Lipinski definition) is 10. The second kappa shape index (κ2) is 10.5. The molecule has 1 atom stereocenters. The lowest BCUT2D eigenvalue weighted by molar-refractivity contribution is -0.140. The van der Waals surface area contributed by atoms with E-state index >= 15 is 0 Å². The second-order valence-electron chi connectivity index (χ2n) is 7.18. The molecule has 3 heterocycles. The number of carbonyl (C=O) groups is 3. The molecule has 0 aliphatic heterocycles. The molecular weight excluding hydrogens is 464 g/mol. The van der Waals surface area contributed by atoms with Crippen molar-refractivity contribution in [3.8, 4) is 12.3 Å². The molecule has 0 spiro atoms. The van der Waals surface area contributed by atoms with E-state index in [1.807, 2.05) is 4.90 Å². The second-order valence-corrected chi connectivity index (χ2v) is 8.19. The maximum Gasteiger partial charge on any atom is 0.326 e. The quantitative estimate of drug-likeness (QED) is 0.203. The molecule has 0 saturated heterocycles. The molecule has 0 aromatic carbocycles. The van der Waals surface area contributed by atoms with Gasteiger partial charge in [0.2, 0.25) is 5.95 Å². The number of H-pyrrole nitrogens is 1. The Bertz CT molecular complexity index is 1260. The van der Waals surface area contributed by atoms with E-state index in [9.17, 15) is 19.5 Å². The van der Waals surface area contributed by atoms with Crippen molar-refractivity contribution in [2.45, 2.75) is 25.3 Å². The van der Waals surface area contributed by atoms with Gasteiger partial charge in [0.25, 0.3) is 5.91 Å². The zero-order valence-corrected chi connectivity index (χ0v) is 18.6. The van der Waals surface area contributed by atoms with Gasteiger partial charge in [-0.2, -0.15) is 9.97 Å². The Labute approximate surface area is 197 Å². The summed E-state index contributed by atoms with van der Waals surface area (Å²) in [5, 5.41) is 21.6. The molecule has 0 aliphatic rings. The van der Waals surface area contributed by atoms with Crippen LogP contribution in [0.15, 0.2) is 12.4 Å². The monoisotopic (exact) mass is 486 g/mol. The largest absolute Gasteiger partial charge is 0.481 e. The number of aliphatic carboxylic acids is 2. The zero-order chi connectivity index (χ0) is 24.8. The molecule has 34 heavy (non-hydrogen) atoms. The summed E-state index contributed by atoms with van der Waals surface area (Å²) < 4.78 is 0. The third-order valence-corrected chi connectivity index (χ3v) is 5.90. The molecule has 3 aromatic heterocycles. The number of carboxylic acid groups (broad SMARTS) is 2. The smallest absolute Gasteiger partial charge is 0.326 e. The number of carbonyl (C=O) groups excluding carboxylic acids is 1. The van der Waals surface area contributed by atoms with Crippen molar-refractivity contribution >= 4 is 57.0 Å². The van der Waals surface area contributed by atoms with Crippen molar-refractivity contribution < 1.29 is 24.6 Å². The molecule has 0 bridgehead atoms. The fourth-order valence-corrected chi connectivity index (χ4v) is 4.08. The zero-order valence-electron chi connectivity index (χ0n) is 17.8. The fourth-order valence-electron chi connectivity index (χ4n) is 3.24. The van der Waals surface area contributed by atoms with Crippen molar-refractivity contribution in [3.63, 3.8) is 0 Å². The number of carboxylic acids is 2. The van der Waals surface area contributed by atoms with Crippen molar-refractivity contribution in [2.75, 3.05) is 29.5 Å². The number of fused-ring (bicyclic) bond motifs is 1. The van der Waals surface area contributed by atoms with E-state index < -0.39 is 30.3 Å². The van der Waals surface area contributed by atoms with E-state index in [-0.39, 0.29) is 29.7 Å². The molecule has 0 radical (unpaired) electrons. The van der Waals surface area contributed by atoms with Gasteiger partial charge in [0.05, 0.1) is 18.1 Å². The van der Waals surface area contributed by atoms with E-state index in [0.29, 0.717) is 29.0 Å². The highest BCUT2D eigenvalue weighted by Gasteiger charge is 2.24. The minimum absolute atomic E-state index is 0.0267. The van der Waals surface area contributed by atoms with Gasteiger partial charge in [-0.15, -0.1) is 6.42 Å². The first kappa shape index (κ1) is 24.3. The molecule has 0 unspecified atom stereocenters. The number of thiazole rings is 1. The van der Waals surface area contributed by atoms with E-state index in [2.05, 4.69) is 31.2 Å². The summed E-state index contributed by atoms with van der Waals surface area (Å²) in [5.41, 5.74) is 13.0. The van der Waals surface area contributed by atoms with Crippen LogP contribution in [0.5, 0.6) is 0 Å². The molecule has 0 saturated carbocycles. The van der Waals surface area contributed by atoms with Gasteiger partial charge < -0.3 is 36.9 Å². The van der Waals surface area contributed by atoms with E-state index in [4.69, 9.17) is 23.0 Å². The number of aromatic nitrogens is 4. The highest BCUT2D eigenvalue weighted by atomic mass is 32.1. The minimum atomic E-state index is -1.35. The van der Waals surface area contributed by atoms with Gasteiger partial charge in [-0.05, 0) is 18.4 Å². The molecule has 3 aromatic rings. The van der Waals surface area contributed by atoms with Crippen molar-refractivity contribution in [1.29, 1.82) is 0 Å². The topological polar surface area (TPSA) is 213 Å². The number of terminal acetylenes is 1. The maximum atomic E-state index is 12.5. The third-order valence-electron chi connectivity index (χ3n) is 4.84. The van der Waals surface area contributed by atoms with Crippen LogP contribution in [0, 0.1) is 12.3 Å². The molecule has 8 N–H and O–H groups in total. The highest BCUT2D eigenvalue weighted by Crippen LogP contribution is 2.26. The number of anilines is 3. The summed E-state index contributed by atoms with van der Waals surface area (Å²) in [5.74, 6) is -0.315. The maximum absolute atomic E-state index is 12.5. The van der Waals surface area contributed by atoms with Gasteiger partial charge in [-0.3, -0.25) is 9.59 Å². The number of aromatic amines is 1. The van der Waals surface area contributed by atoms with Crippen molar-refractivity contribution in [1.82, 2.24) is 25.3 Å². The minimum Gasteiger partial charge on any atom is -0.481 e. The standard InChI is InChI=1S/C20H22N8O5S/c1-2-6-28(7-5-10-8-23-16-14(10)15(21)26-20(22)27-16)12-9-24-18(34-12)17(31)25-11(19(32)33)3-4-13(29)30/h1,8-9,11H,3-7H2,(H,25,31)(H,29,30)(H,32,33)(H5,21,22,23,26,27)/t11-/m0/s1. The summed E-state index contributed by atoms with van der Waals surface area (Å²) >= 11 is 1.04. The van der Waals surface area contributed by atoms with Gasteiger partial charge in [0, 0.05) is 19.2 Å². The van der Waals surface area contributed by atoms with Crippen LogP contribution in [0.1, 0.15) is 28.2 Å². The van der Waals surface area contributed by atoms with E-state index in [0.717, 1.165) is 16.9 Å². The molecule has 0 fully saturated rings. The highest BCUT2D eigenvalue weighted by molar-refractivity contribution is 7.17. The van der Waals surface area contributed by atoms with Crippen LogP contribution >= 0.6 is 11.3 Å². The van der Waals surface area contributed by atoms with Crippen LogP contribution in [0.25, 0.3) is 11.0 Å². The predicted molar refractivity (Wildman–Crippen MR) is 125 cm³/mol. The SMILES string of the molecule is C#CCN(CCc1c[nH]c2nc(N)nc(N)c12)c1cnc(C(=O)N[C@@H](CCC(=O)O)C(=O)O)s1. The van der Waals surface area contributed by atoms with Gasteiger partial charge in [0.15, 0.2) is 5.01 Å². The number of nitrogens with zero attached hydrogens (tertiary/aromatic N) is 4. The molecule has 0 aliphatic carbocycles. The lowest BCUT2D eigenvalue weighted by Crippen LogP contribution is -2.41.